The Bertz CT molecular complexity index is 1020. The van der Waals surface area contributed by atoms with Crippen LogP contribution in [-0.4, -0.2) is 19.1 Å². The Morgan fingerprint density at radius 1 is 1.10 bits per heavy atom. The van der Waals surface area contributed by atoms with Gasteiger partial charge in [-0.2, -0.15) is 18.4 Å². The normalized spacial score (nSPS) is 15.9. The summed E-state index contributed by atoms with van der Waals surface area (Å²) in [6.45, 7) is 3.27. The lowest BCUT2D eigenvalue weighted by Gasteiger charge is -2.22. The first-order valence-electron chi connectivity index (χ1n) is 9.69. The van der Waals surface area contributed by atoms with Crippen LogP contribution in [0.4, 0.5) is 5.69 Å². The summed E-state index contributed by atoms with van der Waals surface area (Å²) in [7, 11) is -4.00. The molecule has 29 heavy (non-hydrogen) atoms. The van der Waals surface area contributed by atoms with E-state index >= 15 is 0 Å². The van der Waals surface area contributed by atoms with Crippen molar-refractivity contribution < 1.29 is 13.3 Å². The third kappa shape index (κ3) is 5.00. The van der Waals surface area contributed by atoms with Crippen molar-refractivity contribution in [3.05, 3.63) is 69.3 Å². The van der Waals surface area contributed by atoms with Crippen molar-refractivity contribution in [3.63, 3.8) is 0 Å². The number of aryl methyl sites for hydroxylation is 1. The zero-order chi connectivity index (χ0) is 21.0. The predicted octanol–water partition coefficient (Wildman–Crippen LogP) is 4.65. The lowest BCUT2D eigenvalue weighted by atomic mass is 9.84. The number of nitro groups is 1. The van der Waals surface area contributed by atoms with E-state index in [2.05, 4.69) is 22.1 Å². The van der Waals surface area contributed by atoms with Gasteiger partial charge in [-0.15, -0.1) is 0 Å². The van der Waals surface area contributed by atoms with Crippen LogP contribution in [0.5, 0.6) is 0 Å². The Hall–Kier alpha value is -2.74. The molecule has 0 aliphatic heterocycles. The summed E-state index contributed by atoms with van der Waals surface area (Å²) in [5, 5.41) is 15.0. The first kappa shape index (κ1) is 21.0. The van der Waals surface area contributed by atoms with Gasteiger partial charge in [-0.05, 0) is 49.8 Å². The quantitative estimate of drug-likeness (QED) is 0.421. The molecule has 0 spiro atoms. The smallest absolute Gasteiger partial charge is 0.258 e. The van der Waals surface area contributed by atoms with E-state index in [9.17, 15) is 18.5 Å². The van der Waals surface area contributed by atoms with Crippen LogP contribution in [0.3, 0.4) is 0 Å². The van der Waals surface area contributed by atoms with Crippen molar-refractivity contribution in [2.75, 3.05) is 0 Å². The third-order valence-corrected chi connectivity index (χ3v) is 6.63. The SMILES string of the molecule is CC(=NNS(=O)(=O)c1ccc(C)c([N+](=O)[O-])c1)c1ccc(C2CCCCC2)cc1. The number of hydrogen-bond acceptors (Lipinski definition) is 5. The van der Waals surface area contributed by atoms with Gasteiger partial charge in [0.1, 0.15) is 0 Å². The van der Waals surface area contributed by atoms with Gasteiger partial charge in [0.05, 0.1) is 15.5 Å². The van der Waals surface area contributed by atoms with Crippen LogP contribution in [0.1, 0.15) is 61.6 Å². The molecule has 0 saturated heterocycles. The Kier molecular flexibility index (Phi) is 6.32. The summed E-state index contributed by atoms with van der Waals surface area (Å²) in [5.41, 5.74) is 2.81. The van der Waals surface area contributed by atoms with Crippen molar-refractivity contribution in [1.82, 2.24) is 4.83 Å². The molecule has 0 aromatic heterocycles. The van der Waals surface area contributed by atoms with Crippen LogP contribution in [0, 0.1) is 17.0 Å². The van der Waals surface area contributed by atoms with Crippen LogP contribution < -0.4 is 4.83 Å². The van der Waals surface area contributed by atoms with Gasteiger partial charge in [-0.25, -0.2) is 0 Å². The van der Waals surface area contributed by atoms with Gasteiger partial charge in [0.15, 0.2) is 0 Å². The maximum Gasteiger partial charge on any atom is 0.276 e. The Labute approximate surface area is 171 Å². The maximum atomic E-state index is 12.5. The highest BCUT2D eigenvalue weighted by Crippen LogP contribution is 2.32. The highest BCUT2D eigenvalue weighted by molar-refractivity contribution is 7.89. The van der Waals surface area contributed by atoms with E-state index in [0.29, 0.717) is 17.2 Å². The fourth-order valence-electron chi connectivity index (χ4n) is 3.63. The van der Waals surface area contributed by atoms with Crippen molar-refractivity contribution >= 4 is 21.4 Å². The van der Waals surface area contributed by atoms with Gasteiger partial charge in [0, 0.05) is 11.6 Å². The van der Waals surface area contributed by atoms with Gasteiger partial charge in [0.25, 0.3) is 15.7 Å². The summed E-state index contributed by atoms with van der Waals surface area (Å²) >= 11 is 0. The minimum absolute atomic E-state index is 0.195. The molecule has 7 nitrogen and oxygen atoms in total. The number of benzene rings is 2. The molecule has 1 fully saturated rings. The molecule has 1 aliphatic rings. The molecule has 154 valence electrons. The fourth-order valence-corrected chi connectivity index (χ4v) is 4.51. The van der Waals surface area contributed by atoms with Gasteiger partial charge >= 0.3 is 0 Å². The summed E-state index contributed by atoms with van der Waals surface area (Å²) < 4.78 is 24.9. The Morgan fingerprint density at radius 3 is 2.38 bits per heavy atom. The van der Waals surface area contributed by atoms with E-state index in [4.69, 9.17) is 0 Å². The molecule has 2 aromatic carbocycles. The van der Waals surface area contributed by atoms with Crippen molar-refractivity contribution in [2.24, 2.45) is 5.10 Å². The van der Waals surface area contributed by atoms with Crippen LogP contribution in [0.25, 0.3) is 0 Å². The summed E-state index contributed by atoms with van der Waals surface area (Å²) in [6, 6.07) is 11.9. The molecule has 0 radical (unpaired) electrons. The minimum atomic E-state index is -4.00. The molecule has 3 rings (SSSR count). The number of sulfonamides is 1. The van der Waals surface area contributed by atoms with Gasteiger partial charge in [0.2, 0.25) is 0 Å². The lowest BCUT2D eigenvalue weighted by Crippen LogP contribution is -2.20. The molecule has 1 N–H and O–H groups in total. The van der Waals surface area contributed by atoms with E-state index < -0.39 is 14.9 Å². The molecular weight excluding hydrogens is 390 g/mol. The molecule has 1 saturated carbocycles. The standard InChI is InChI=1S/C21H25N3O4S/c1-15-8-13-20(14-21(15)24(25)26)29(27,28)23-22-16(2)17-9-11-19(12-10-17)18-6-4-3-5-7-18/h8-14,18,23H,3-7H2,1-2H3. The predicted molar refractivity (Wildman–Crippen MR) is 113 cm³/mol. The Morgan fingerprint density at radius 2 is 1.76 bits per heavy atom. The van der Waals surface area contributed by atoms with Crippen LogP contribution in [0.2, 0.25) is 0 Å². The second kappa shape index (κ2) is 8.73. The van der Waals surface area contributed by atoms with Crippen LogP contribution in [-0.2, 0) is 10.0 Å². The molecule has 0 bridgehead atoms. The number of nitrogens with one attached hydrogen (secondary N) is 1. The van der Waals surface area contributed by atoms with Crippen molar-refractivity contribution in [1.29, 1.82) is 0 Å². The second-order valence-corrected chi connectivity index (χ2v) is 9.12. The van der Waals surface area contributed by atoms with Crippen LogP contribution in [0.15, 0.2) is 52.5 Å². The molecule has 0 heterocycles. The molecule has 8 heteroatoms. The van der Waals surface area contributed by atoms with Gasteiger partial charge in [-0.1, -0.05) is 49.6 Å². The van der Waals surface area contributed by atoms with E-state index in [-0.39, 0.29) is 10.6 Å². The van der Waals surface area contributed by atoms with E-state index in [1.165, 1.54) is 49.8 Å². The fraction of sp³-hybridized carbons (Fsp3) is 0.381. The van der Waals surface area contributed by atoms with Gasteiger partial charge < -0.3 is 0 Å². The maximum absolute atomic E-state index is 12.5. The monoisotopic (exact) mass is 415 g/mol. The highest BCUT2D eigenvalue weighted by atomic mass is 32.2. The van der Waals surface area contributed by atoms with Crippen molar-refractivity contribution in [2.45, 2.75) is 56.8 Å². The highest BCUT2D eigenvalue weighted by Gasteiger charge is 2.20. The number of nitrogens with zero attached hydrogens (tertiary/aromatic N) is 2. The molecule has 1 aliphatic carbocycles. The molecule has 0 atom stereocenters. The Balaban J connectivity index is 1.74. The summed E-state index contributed by atoms with van der Waals surface area (Å²) in [6.07, 6.45) is 6.28. The van der Waals surface area contributed by atoms with E-state index in [1.807, 2.05) is 12.1 Å². The summed E-state index contributed by atoms with van der Waals surface area (Å²) in [4.78, 5) is 12.4. The van der Waals surface area contributed by atoms with E-state index in [0.717, 1.165) is 11.6 Å². The largest absolute Gasteiger partial charge is 0.276 e. The zero-order valence-electron chi connectivity index (χ0n) is 16.6. The molecular formula is C21H25N3O4S. The zero-order valence-corrected chi connectivity index (χ0v) is 17.4. The number of nitro benzene ring substituents is 1. The first-order chi connectivity index (χ1) is 13.8. The third-order valence-electron chi connectivity index (χ3n) is 5.43. The molecule has 2 aromatic rings. The number of hydrazone groups is 1. The molecule has 0 amide bonds. The summed E-state index contributed by atoms with van der Waals surface area (Å²) in [5.74, 6) is 0.603. The average molecular weight is 416 g/mol. The van der Waals surface area contributed by atoms with Crippen molar-refractivity contribution in [3.8, 4) is 0 Å². The minimum Gasteiger partial charge on any atom is -0.258 e. The first-order valence-corrected chi connectivity index (χ1v) is 11.2. The number of hydrogen-bond donors (Lipinski definition) is 1. The van der Waals surface area contributed by atoms with E-state index in [1.54, 1.807) is 13.8 Å². The molecule has 0 unspecified atom stereocenters. The lowest BCUT2D eigenvalue weighted by molar-refractivity contribution is -0.385. The van der Waals surface area contributed by atoms with Crippen LogP contribution >= 0.6 is 0 Å². The van der Waals surface area contributed by atoms with Gasteiger partial charge in [-0.3, -0.25) is 10.1 Å². The second-order valence-electron chi connectivity index (χ2n) is 7.45. The number of rotatable bonds is 6. The average Bonchev–Trinajstić information content (AvgIpc) is 2.73. The topological polar surface area (TPSA) is 102 Å².